The summed E-state index contributed by atoms with van der Waals surface area (Å²) in [4.78, 5) is 15.9. The van der Waals surface area contributed by atoms with Crippen LogP contribution in [0.4, 0.5) is 0 Å². The van der Waals surface area contributed by atoms with Crippen molar-refractivity contribution in [1.29, 1.82) is 0 Å². The number of aromatic nitrogens is 1. The summed E-state index contributed by atoms with van der Waals surface area (Å²) in [5, 5.41) is 4.66. The molecule has 104 valence electrons. The van der Waals surface area contributed by atoms with Gasteiger partial charge in [-0.1, -0.05) is 48.5 Å². The number of hydrogen-bond donors (Lipinski definition) is 1. The van der Waals surface area contributed by atoms with Gasteiger partial charge in [-0.25, -0.2) is 4.79 Å². The van der Waals surface area contributed by atoms with E-state index in [2.05, 4.69) is 17.1 Å². The molecule has 22 heavy (non-hydrogen) atoms. The average molecular weight is 285 g/mol. The first-order valence-corrected chi connectivity index (χ1v) is 7.18. The van der Waals surface area contributed by atoms with Crippen LogP contribution in [0.25, 0.3) is 43.5 Å². The van der Waals surface area contributed by atoms with E-state index in [9.17, 15) is 4.79 Å². The molecular weight excluding hydrogens is 274 g/mol. The van der Waals surface area contributed by atoms with Crippen molar-refractivity contribution < 1.29 is 4.42 Å². The number of nitrogens with one attached hydrogen (secondary N) is 1. The molecule has 0 saturated heterocycles. The highest BCUT2D eigenvalue weighted by Gasteiger charge is 2.13. The first kappa shape index (κ1) is 11.6. The predicted molar refractivity (Wildman–Crippen MR) is 89.4 cm³/mol. The maximum atomic E-state index is 12.5. The standard InChI is InChI=1S/C19H11NO2/c21-19-17-13(12-6-2-4-8-16(12)22-19)9-10-14-11-5-1-3-7-15(11)20-18(14)17/h1-10,20H. The van der Waals surface area contributed by atoms with E-state index in [1.807, 2.05) is 48.5 Å². The third kappa shape index (κ3) is 1.37. The molecule has 3 aromatic carbocycles. The smallest absolute Gasteiger partial charge is 0.346 e. The Kier molecular flexibility index (Phi) is 2.09. The van der Waals surface area contributed by atoms with Crippen LogP contribution in [0.5, 0.6) is 0 Å². The lowest BCUT2D eigenvalue weighted by Gasteiger charge is -2.03. The third-order valence-electron chi connectivity index (χ3n) is 4.27. The van der Waals surface area contributed by atoms with Gasteiger partial charge in [0.25, 0.3) is 0 Å². The van der Waals surface area contributed by atoms with E-state index in [1.54, 1.807) is 0 Å². The van der Waals surface area contributed by atoms with Crippen molar-refractivity contribution in [2.75, 3.05) is 0 Å². The minimum absolute atomic E-state index is 0.300. The normalized spacial score (nSPS) is 11.8. The van der Waals surface area contributed by atoms with Crippen LogP contribution in [-0.2, 0) is 0 Å². The lowest BCUT2D eigenvalue weighted by atomic mass is 10.0. The number of aromatic amines is 1. The molecule has 0 aliphatic heterocycles. The summed E-state index contributed by atoms with van der Waals surface area (Å²) >= 11 is 0. The van der Waals surface area contributed by atoms with E-state index < -0.39 is 0 Å². The molecular formula is C19H11NO2. The van der Waals surface area contributed by atoms with Gasteiger partial charge in [0.15, 0.2) is 0 Å². The maximum absolute atomic E-state index is 12.5. The molecule has 5 aromatic rings. The lowest BCUT2D eigenvalue weighted by Crippen LogP contribution is -2.00. The summed E-state index contributed by atoms with van der Waals surface area (Å²) in [7, 11) is 0. The Balaban J connectivity index is 2.13. The zero-order valence-electron chi connectivity index (χ0n) is 11.6. The monoisotopic (exact) mass is 285 g/mol. The minimum atomic E-state index is -0.300. The number of H-pyrrole nitrogens is 1. The van der Waals surface area contributed by atoms with Gasteiger partial charge < -0.3 is 9.40 Å². The number of rotatable bonds is 0. The molecule has 2 aromatic heterocycles. The van der Waals surface area contributed by atoms with Gasteiger partial charge >= 0.3 is 5.63 Å². The summed E-state index contributed by atoms with van der Waals surface area (Å²) in [6.07, 6.45) is 0. The Labute approximate surface area is 124 Å². The van der Waals surface area contributed by atoms with E-state index in [0.717, 1.165) is 32.6 Å². The van der Waals surface area contributed by atoms with Crippen LogP contribution in [0.15, 0.2) is 69.9 Å². The molecule has 0 atom stereocenters. The van der Waals surface area contributed by atoms with Crippen LogP contribution in [0.2, 0.25) is 0 Å². The molecule has 3 heteroatoms. The molecule has 0 spiro atoms. The fraction of sp³-hybridized carbons (Fsp3) is 0. The molecule has 0 bridgehead atoms. The quantitative estimate of drug-likeness (QED) is 0.334. The van der Waals surface area contributed by atoms with E-state index in [4.69, 9.17) is 4.42 Å². The van der Waals surface area contributed by atoms with Crippen molar-refractivity contribution >= 4 is 43.5 Å². The third-order valence-corrected chi connectivity index (χ3v) is 4.27. The van der Waals surface area contributed by atoms with Crippen molar-refractivity contribution in [3.05, 3.63) is 71.1 Å². The zero-order chi connectivity index (χ0) is 14.7. The van der Waals surface area contributed by atoms with Crippen molar-refractivity contribution in [3.63, 3.8) is 0 Å². The van der Waals surface area contributed by atoms with Crippen LogP contribution < -0.4 is 5.63 Å². The number of fused-ring (bicyclic) bond motifs is 7. The predicted octanol–water partition coefficient (Wildman–Crippen LogP) is 4.58. The molecule has 3 nitrogen and oxygen atoms in total. The molecule has 1 N–H and O–H groups in total. The minimum Gasteiger partial charge on any atom is -0.422 e. The fourth-order valence-electron chi connectivity index (χ4n) is 3.28. The summed E-state index contributed by atoms with van der Waals surface area (Å²) < 4.78 is 5.50. The van der Waals surface area contributed by atoms with Crippen molar-refractivity contribution in [1.82, 2.24) is 4.98 Å². The van der Waals surface area contributed by atoms with E-state index >= 15 is 0 Å². The average Bonchev–Trinajstić information content (AvgIpc) is 2.93. The highest BCUT2D eigenvalue weighted by molar-refractivity contribution is 6.20. The van der Waals surface area contributed by atoms with Gasteiger partial charge in [0, 0.05) is 27.1 Å². The second-order valence-corrected chi connectivity index (χ2v) is 5.47. The summed E-state index contributed by atoms with van der Waals surface area (Å²) in [6, 6.07) is 19.8. The maximum Gasteiger partial charge on any atom is 0.346 e. The van der Waals surface area contributed by atoms with Crippen LogP contribution >= 0.6 is 0 Å². The second kappa shape index (κ2) is 3.98. The molecule has 0 amide bonds. The SMILES string of the molecule is O=c1oc2ccccc2c2ccc3c4ccccc4[nH]c3c12. The molecule has 5 rings (SSSR count). The second-order valence-electron chi connectivity index (χ2n) is 5.47. The molecule has 2 heterocycles. The Hall–Kier alpha value is -3.07. The van der Waals surface area contributed by atoms with Crippen molar-refractivity contribution in [2.24, 2.45) is 0 Å². The van der Waals surface area contributed by atoms with Gasteiger partial charge in [0.1, 0.15) is 5.58 Å². The molecule has 0 unspecified atom stereocenters. The largest absolute Gasteiger partial charge is 0.422 e. The molecule has 0 saturated carbocycles. The first-order chi connectivity index (χ1) is 10.8. The Morgan fingerprint density at radius 1 is 0.727 bits per heavy atom. The van der Waals surface area contributed by atoms with Crippen LogP contribution in [-0.4, -0.2) is 4.98 Å². The molecule has 0 aliphatic carbocycles. The Morgan fingerprint density at radius 2 is 1.45 bits per heavy atom. The highest BCUT2D eigenvalue weighted by Crippen LogP contribution is 2.32. The summed E-state index contributed by atoms with van der Waals surface area (Å²) in [5.74, 6) is 0. The first-order valence-electron chi connectivity index (χ1n) is 7.18. The molecule has 0 aliphatic rings. The Morgan fingerprint density at radius 3 is 2.36 bits per heavy atom. The van der Waals surface area contributed by atoms with E-state index in [-0.39, 0.29) is 5.63 Å². The van der Waals surface area contributed by atoms with Gasteiger partial charge in [0.05, 0.1) is 10.9 Å². The van der Waals surface area contributed by atoms with Crippen molar-refractivity contribution in [2.45, 2.75) is 0 Å². The van der Waals surface area contributed by atoms with E-state index in [1.165, 1.54) is 0 Å². The van der Waals surface area contributed by atoms with Gasteiger partial charge in [-0.05, 0) is 12.1 Å². The lowest BCUT2D eigenvalue weighted by molar-refractivity contribution is 0.570. The van der Waals surface area contributed by atoms with Crippen molar-refractivity contribution in [3.8, 4) is 0 Å². The van der Waals surface area contributed by atoms with Gasteiger partial charge in [-0.2, -0.15) is 0 Å². The number of benzene rings is 3. The molecule has 0 radical (unpaired) electrons. The number of para-hydroxylation sites is 2. The zero-order valence-corrected chi connectivity index (χ0v) is 11.6. The molecule has 0 fully saturated rings. The summed E-state index contributed by atoms with van der Waals surface area (Å²) in [5.41, 5.74) is 2.19. The van der Waals surface area contributed by atoms with E-state index in [0.29, 0.717) is 11.0 Å². The van der Waals surface area contributed by atoms with Gasteiger partial charge in [-0.15, -0.1) is 0 Å². The van der Waals surface area contributed by atoms with Gasteiger partial charge in [-0.3, -0.25) is 0 Å². The summed E-state index contributed by atoms with van der Waals surface area (Å²) in [6.45, 7) is 0. The van der Waals surface area contributed by atoms with Gasteiger partial charge in [0.2, 0.25) is 0 Å². The Bertz CT molecular complexity index is 1240. The fourth-order valence-corrected chi connectivity index (χ4v) is 3.28. The number of hydrogen-bond acceptors (Lipinski definition) is 2. The topological polar surface area (TPSA) is 46.0 Å². The highest BCUT2D eigenvalue weighted by atomic mass is 16.4. The van der Waals surface area contributed by atoms with Crippen LogP contribution in [0, 0.1) is 0 Å². The van der Waals surface area contributed by atoms with Crippen LogP contribution in [0.1, 0.15) is 0 Å². The van der Waals surface area contributed by atoms with Crippen LogP contribution in [0.3, 0.4) is 0 Å².